The van der Waals surface area contributed by atoms with Gasteiger partial charge >= 0.3 is 0 Å². The minimum atomic E-state index is -3.48. The molecule has 7 heteroatoms. The van der Waals surface area contributed by atoms with Gasteiger partial charge in [0.05, 0.1) is 11.5 Å². The van der Waals surface area contributed by atoms with Crippen molar-refractivity contribution in [1.29, 1.82) is 0 Å². The second-order valence-corrected chi connectivity index (χ2v) is 8.12. The molecule has 0 aromatic carbocycles. The first-order valence-corrected chi connectivity index (χ1v) is 9.54. The Hall–Kier alpha value is -0.500. The molecule has 0 aliphatic heterocycles. The van der Waals surface area contributed by atoms with Gasteiger partial charge in [-0.05, 0) is 38.0 Å². The smallest absolute Gasteiger partial charge is 0.242 e. The van der Waals surface area contributed by atoms with E-state index in [2.05, 4.69) is 11.0 Å². The van der Waals surface area contributed by atoms with Crippen LogP contribution in [0.3, 0.4) is 0 Å². The summed E-state index contributed by atoms with van der Waals surface area (Å²) in [7, 11) is -1.75. The molecular weight excluding hydrogens is 296 g/mol. The zero-order valence-corrected chi connectivity index (χ0v) is 13.5. The molecule has 0 atom stereocenters. The summed E-state index contributed by atoms with van der Waals surface area (Å²) >= 11 is 1.86. The summed E-state index contributed by atoms with van der Waals surface area (Å²) in [6.45, 7) is -0.162. The Labute approximate surface area is 124 Å². The monoisotopic (exact) mass is 318 g/mol. The van der Waals surface area contributed by atoms with E-state index in [1.807, 2.05) is 11.8 Å². The van der Waals surface area contributed by atoms with Gasteiger partial charge in [-0.2, -0.15) is 11.8 Å². The number of aryl methyl sites for hydroxylation is 1. The molecule has 0 spiro atoms. The van der Waals surface area contributed by atoms with Crippen molar-refractivity contribution in [3.63, 3.8) is 0 Å². The predicted octanol–water partition coefficient (Wildman–Crippen LogP) is 1.47. The number of nitrogens with zero attached hydrogens (tertiary/aromatic N) is 1. The lowest BCUT2D eigenvalue weighted by Crippen LogP contribution is -2.37. The number of rotatable bonds is 5. The Kier molecular flexibility index (Phi) is 5.17. The van der Waals surface area contributed by atoms with Crippen LogP contribution >= 0.6 is 11.8 Å². The van der Waals surface area contributed by atoms with E-state index >= 15 is 0 Å². The molecule has 0 radical (unpaired) electrons. The van der Waals surface area contributed by atoms with Crippen LogP contribution in [0.25, 0.3) is 0 Å². The van der Waals surface area contributed by atoms with E-state index in [9.17, 15) is 8.42 Å². The van der Waals surface area contributed by atoms with Crippen molar-refractivity contribution in [3.8, 4) is 0 Å². The average molecular weight is 318 g/mol. The van der Waals surface area contributed by atoms with Gasteiger partial charge < -0.3 is 9.67 Å². The summed E-state index contributed by atoms with van der Waals surface area (Å²) in [5.74, 6) is 0. The second kappa shape index (κ2) is 6.51. The number of aliphatic hydroxyl groups excluding tert-OH is 1. The number of aromatic nitrogens is 1. The van der Waals surface area contributed by atoms with Crippen LogP contribution in [0.4, 0.5) is 0 Å². The lowest BCUT2D eigenvalue weighted by Gasteiger charge is -2.27. The fourth-order valence-electron chi connectivity index (χ4n) is 2.59. The maximum absolute atomic E-state index is 12.3. The molecule has 1 aromatic rings. The highest BCUT2D eigenvalue weighted by molar-refractivity contribution is 7.99. The van der Waals surface area contributed by atoms with Crippen molar-refractivity contribution in [1.82, 2.24) is 9.29 Å². The van der Waals surface area contributed by atoms with E-state index in [-0.39, 0.29) is 17.5 Å². The third-order valence-electron chi connectivity index (χ3n) is 3.88. The van der Waals surface area contributed by atoms with Gasteiger partial charge in [-0.25, -0.2) is 13.1 Å². The Bertz CT molecular complexity index is 546. The molecule has 20 heavy (non-hydrogen) atoms. The lowest BCUT2D eigenvalue weighted by atomic mass is 9.96. The van der Waals surface area contributed by atoms with Gasteiger partial charge in [0.25, 0.3) is 0 Å². The van der Waals surface area contributed by atoms with Gasteiger partial charge in [0.2, 0.25) is 10.0 Å². The molecular formula is C13H22N2O3S2. The topological polar surface area (TPSA) is 71.3 Å². The number of thioether (sulfide) groups is 1. The van der Waals surface area contributed by atoms with E-state index in [1.165, 1.54) is 6.07 Å². The number of sulfonamides is 1. The van der Waals surface area contributed by atoms with E-state index in [0.717, 1.165) is 25.7 Å². The second-order valence-electron chi connectivity index (χ2n) is 5.27. The predicted molar refractivity (Wildman–Crippen MR) is 81.2 cm³/mol. The highest BCUT2D eigenvalue weighted by atomic mass is 32.2. The normalized spacial score (nSPS) is 23.9. The lowest BCUT2D eigenvalue weighted by molar-refractivity contribution is 0.272. The van der Waals surface area contributed by atoms with Gasteiger partial charge in [0, 0.05) is 30.2 Å². The SMILES string of the molecule is CSC1CCC(NS(=O)(=O)c2cc(CO)n(C)c2)CC1. The van der Waals surface area contributed by atoms with Crippen molar-refractivity contribution in [3.05, 3.63) is 18.0 Å². The molecule has 0 amide bonds. The maximum atomic E-state index is 12.3. The maximum Gasteiger partial charge on any atom is 0.242 e. The Morgan fingerprint density at radius 1 is 1.40 bits per heavy atom. The zero-order chi connectivity index (χ0) is 14.8. The van der Waals surface area contributed by atoms with Crippen molar-refractivity contribution in [2.75, 3.05) is 6.26 Å². The highest BCUT2D eigenvalue weighted by Crippen LogP contribution is 2.27. The van der Waals surface area contributed by atoms with E-state index in [1.54, 1.807) is 17.8 Å². The summed E-state index contributed by atoms with van der Waals surface area (Å²) in [5.41, 5.74) is 0.594. The molecule has 1 aliphatic carbocycles. The fourth-order valence-corrected chi connectivity index (χ4v) is 4.73. The van der Waals surface area contributed by atoms with Crippen LogP contribution in [0.15, 0.2) is 17.2 Å². The molecule has 0 bridgehead atoms. The summed E-state index contributed by atoms with van der Waals surface area (Å²) in [6, 6.07) is 1.55. The first-order chi connectivity index (χ1) is 9.46. The quantitative estimate of drug-likeness (QED) is 0.862. The van der Waals surface area contributed by atoms with Crippen LogP contribution in [0, 0.1) is 0 Å². The fraction of sp³-hybridized carbons (Fsp3) is 0.692. The molecule has 114 valence electrons. The van der Waals surface area contributed by atoms with Crippen molar-refractivity contribution in [2.24, 2.45) is 7.05 Å². The summed E-state index contributed by atoms with van der Waals surface area (Å²) < 4.78 is 29.1. The van der Waals surface area contributed by atoms with Crippen molar-refractivity contribution >= 4 is 21.8 Å². The minimum absolute atomic E-state index is 0.0289. The third kappa shape index (κ3) is 3.58. The van der Waals surface area contributed by atoms with Gasteiger partial charge in [-0.1, -0.05) is 0 Å². The average Bonchev–Trinajstić information content (AvgIpc) is 2.81. The Morgan fingerprint density at radius 2 is 2.05 bits per heavy atom. The van der Waals surface area contributed by atoms with Gasteiger partial charge in [0.15, 0.2) is 0 Å². The number of hydrogen-bond donors (Lipinski definition) is 2. The van der Waals surface area contributed by atoms with Crippen LogP contribution in [-0.2, 0) is 23.7 Å². The first kappa shape index (κ1) is 15.9. The molecule has 1 saturated carbocycles. The van der Waals surface area contributed by atoms with Gasteiger partial charge in [-0.15, -0.1) is 0 Å². The third-order valence-corrected chi connectivity index (χ3v) is 6.51. The highest BCUT2D eigenvalue weighted by Gasteiger charge is 2.26. The summed E-state index contributed by atoms with van der Waals surface area (Å²) in [4.78, 5) is 0.232. The van der Waals surface area contributed by atoms with E-state index < -0.39 is 10.0 Å². The van der Waals surface area contributed by atoms with E-state index in [0.29, 0.717) is 10.9 Å². The van der Waals surface area contributed by atoms with Crippen LogP contribution in [0.2, 0.25) is 0 Å². The van der Waals surface area contributed by atoms with Gasteiger partial charge in [0.1, 0.15) is 0 Å². The number of nitrogens with one attached hydrogen (secondary N) is 1. The van der Waals surface area contributed by atoms with E-state index in [4.69, 9.17) is 5.11 Å². The molecule has 0 saturated heterocycles. The largest absolute Gasteiger partial charge is 0.390 e. The molecule has 5 nitrogen and oxygen atoms in total. The van der Waals surface area contributed by atoms with Crippen LogP contribution in [0.5, 0.6) is 0 Å². The van der Waals surface area contributed by atoms with Gasteiger partial charge in [-0.3, -0.25) is 0 Å². The molecule has 1 heterocycles. The summed E-state index contributed by atoms with van der Waals surface area (Å²) in [6.07, 6.45) is 7.56. The molecule has 1 fully saturated rings. The van der Waals surface area contributed by atoms with Crippen LogP contribution in [0.1, 0.15) is 31.4 Å². The van der Waals surface area contributed by atoms with Crippen LogP contribution in [-0.4, -0.2) is 35.6 Å². The van der Waals surface area contributed by atoms with Crippen molar-refractivity contribution < 1.29 is 13.5 Å². The number of aliphatic hydroxyl groups is 1. The molecule has 2 rings (SSSR count). The number of hydrogen-bond acceptors (Lipinski definition) is 4. The first-order valence-electron chi connectivity index (χ1n) is 6.77. The molecule has 1 aliphatic rings. The molecule has 0 unspecified atom stereocenters. The molecule has 1 aromatic heterocycles. The minimum Gasteiger partial charge on any atom is -0.390 e. The Morgan fingerprint density at radius 3 is 2.55 bits per heavy atom. The van der Waals surface area contributed by atoms with Crippen LogP contribution < -0.4 is 4.72 Å². The zero-order valence-electron chi connectivity index (χ0n) is 11.9. The summed E-state index contributed by atoms with van der Waals surface area (Å²) in [5, 5.41) is 9.80. The van der Waals surface area contributed by atoms with Crippen molar-refractivity contribution in [2.45, 2.75) is 48.5 Å². The Balaban J connectivity index is 2.04. The standard InChI is InChI=1S/C13H22N2O3S2/c1-15-8-13(7-11(15)9-16)20(17,18)14-10-3-5-12(19-2)6-4-10/h7-8,10,12,14,16H,3-6,9H2,1-2H3. The molecule has 2 N–H and O–H groups in total.